The monoisotopic (exact) mass is 294 g/mol. The van der Waals surface area contributed by atoms with E-state index in [9.17, 15) is 0 Å². The fraction of sp³-hybridized carbons (Fsp3) is 0.833. The molecule has 0 bridgehead atoms. The number of aliphatic hydroxyl groups excluding tert-OH is 1. The van der Waals surface area contributed by atoms with Crippen molar-refractivity contribution in [2.75, 3.05) is 19.7 Å². The first-order chi connectivity index (χ1) is 10.4. The Bertz CT molecular complexity index is 289. The predicted octanol–water partition coefficient (Wildman–Crippen LogP) is 4.17. The Labute approximate surface area is 131 Å². The molecule has 0 aliphatic carbocycles. The van der Waals surface area contributed by atoms with Gasteiger partial charge in [-0.2, -0.15) is 0 Å². The van der Waals surface area contributed by atoms with Crippen LogP contribution in [0.15, 0.2) is 17.1 Å². The first-order valence-electron chi connectivity index (χ1n) is 8.90. The highest BCUT2D eigenvalue weighted by Crippen LogP contribution is 2.15. The van der Waals surface area contributed by atoms with Crippen molar-refractivity contribution in [1.29, 1.82) is 0 Å². The maximum atomic E-state index is 9.00. The van der Waals surface area contributed by atoms with Gasteiger partial charge in [-0.3, -0.25) is 9.89 Å². The second-order valence-corrected chi connectivity index (χ2v) is 5.99. The van der Waals surface area contributed by atoms with Crippen molar-refractivity contribution in [3.8, 4) is 0 Å². The van der Waals surface area contributed by atoms with Crippen LogP contribution in [0.2, 0.25) is 0 Å². The van der Waals surface area contributed by atoms with Gasteiger partial charge in [0.15, 0.2) is 0 Å². The third kappa shape index (κ3) is 9.05. The zero-order chi connectivity index (χ0) is 15.2. The molecule has 1 atom stereocenters. The highest BCUT2D eigenvalue weighted by atomic mass is 16.3. The summed E-state index contributed by atoms with van der Waals surface area (Å²) in [6.45, 7) is 4.14. The number of aliphatic hydroxyl groups is 1. The third-order valence-corrected chi connectivity index (χ3v) is 4.11. The molecule has 0 fully saturated rings. The molecule has 1 unspecified atom stereocenters. The van der Waals surface area contributed by atoms with Gasteiger partial charge >= 0.3 is 0 Å². The van der Waals surface area contributed by atoms with Gasteiger partial charge in [0.2, 0.25) is 0 Å². The van der Waals surface area contributed by atoms with Gasteiger partial charge in [-0.05, 0) is 32.1 Å². The largest absolute Gasteiger partial charge is 0.395 e. The molecule has 0 spiro atoms. The SMILES string of the molecule is CCC/C=C/CCCCCCCCC1N=CCN1CCO. The number of aliphatic imine (C=N–C) groups is 1. The van der Waals surface area contributed by atoms with Gasteiger partial charge in [-0.25, -0.2) is 0 Å². The van der Waals surface area contributed by atoms with Gasteiger partial charge in [0.25, 0.3) is 0 Å². The van der Waals surface area contributed by atoms with Crippen LogP contribution in [0.5, 0.6) is 0 Å². The normalized spacial score (nSPS) is 19.0. The smallest absolute Gasteiger partial charge is 0.102 e. The first-order valence-corrected chi connectivity index (χ1v) is 8.90. The lowest BCUT2D eigenvalue weighted by atomic mass is 10.1. The maximum absolute atomic E-state index is 9.00. The molecule has 0 aromatic carbocycles. The van der Waals surface area contributed by atoms with Gasteiger partial charge in [0, 0.05) is 19.3 Å². The van der Waals surface area contributed by atoms with Crippen molar-refractivity contribution < 1.29 is 5.11 Å². The molecule has 0 amide bonds. The van der Waals surface area contributed by atoms with Crippen molar-refractivity contribution in [1.82, 2.24) is 4.90 Å². The zero-order valence-corrected chi connectivity index (χ0v) is 13.8. The van der Waals surface area contributed by atoms with Crippen molar-refractivity contribution in [3.05, 3.63) is 12.2 Å². The molecular weight excluding hydrogens is 260 g/mol. The van der Waals surface area contributed by atoms with Crippen molar-refractivity contribution in [3.63, 3.8) is 0 Å². The lowest BCUT2D eigenvalue weighted by Crippen LogP contribution is -2.32. The van der Waals surface area contributed by atoms with E-state index < -0.39 is 0 Å². The highest BCUT2D eigenvalue weighted by molar-refractivity contribution is 5.62. The van der Waals surface area contributed by atoms with E-state index in [4.69, 9.17) is 5.11 Å². The number of unbranched alkanes of at least 4 members (excludes halogenated alkanes) is 7. The molecule has 0 radical (unpaired) electrons. The van der Waals surface area contributed by atoms with Crippen molar-refractivity contribution in [2.24, 2.45) is 4.99 Å². The lowest BCUT2D eigenvalue weighted by molar-refractivity contribution is 0.176. The van der Waals surface area contributed by atoms with E-state index in [0.717, 1.165) is 19.5 Å². The molecule has 1 heterocycles. The Morgan fingerprint density at radius 2 is 1.81 bits per heavy atom. The quantitative estimate of drug-likeness (QED) is 0.409. The Kier molecular flexibility index (Phi) is 11.4. The van der Waals surface area contributed by atoms with Crippen LogP contribution in [0.25, 0.3) is 0 Å². The summed E-state index contributed by atoms with van der Waals surface area (Å²) < 4.78 is 0. The Balaban J connectivity index is 1.87. The van der Waals surface area contributed by atoms with Crippen LogP contribution in [0.1, 0.15) is 71.1 Å². The van der Waals surface area contributed by atoms with Crippen LogP contribution >= 0.6 is 0 Å². The maximum Gasteiger partial charge on any atom is 0.102 e. The van der Waals surface area contributed by atoms with Crippen molar-refractivity contribution >= 4 is 6.21 Å². The number of allylic oxidation sites excluding steroid dienone is 2. The molecule has 1 rings (SSSR count). The number of hydrogen-bond acceptors (Lipinski definition) is 3. The summed E-state index contributed by atoms with van der Waals surface area (Å²) >= 11 is 0. The van der Waals surface area contributed by atoms with Crippen LogP contribution < -0.4 is 0 Å². The number of rotatable bonds is 13. The first kappa shape index (κ1) is 18.4. The molecule has 21 heavy (non-hydrogen) atoms. The molecule has 0 aromatic rings. The second kappa shape index (κ2) is 13.0. The minimum absolute atomic E-state index is 0.243. The summed E-state index contributed by atoms with van der Waals surface area (Å²) in [5, 5.41) is 9.00. The molecule has 122 valence electrons. The summed E-state index contributed by atoms with van der Waals surface area (Å²) in [4.78, 5) is 6.77. The van der Waals surface area contributed by atoms with E-state index in [0.29, 0.717) is 6.17 Å². The van der Waals surface area contributed by atoms with E-state index in [2.05, 4.69) is 29.0 Å². The summed E-state index contributed by atoms with van der Waals surface area (Å²) in [5.74, 6) is 0. The van der Waals surface area contributed by atoms with Gasteiger partial charge in [-0.1, -0.05) is 51.2 Å². The minimum Gasteiger partial charge on any atom is -0.395 e. The van der Waals surface area contributed by atoms with Gasteiger partial charge in [0.1, 0.15) is 6.17 Å². The molecule has 0 saturated heterocycles. The van der Waals surface area contributed by atoms with E-state index in [1.807, 2.05) is 6.21 Å². The summed E-state index contributed by atoms with van der Waals surface area (Å²) in [7, 11) is 0. The Morgan fingerprint density at radius 3 is 2.57 bits per heavy atom. The van der Waals surface area contributed by atoms with Crippen LogP contribution in [0, 0.1) is 0 Å². The molecule has 0 aromatic heterocycles. The van der Waals surface area contributed by atoms with Crippen LogP contribution in [0.3, 0.4) is 0 Å². The van der Waals surface area contributed by atoms with Crippen LogP contribution in [0.4, 0.5) is 0 Å². The summed E-state index contributed by atoms with van der Waals surface area (Å²) in [5.41, 5.74) is 0. The number of nitrogens with zero attached hydrogens (tertiary/aromatic N) is 2. The molecule has 0 saturated carbocycles. The lowest BCUT2D eigenvalue weighted by Gasteiger charge is -2.21. The van der Waals surface area contributed by atoms with Crippen LogP contribution in [-0.2, 0) is 0 Å². The standard InChI is InChI=1S/C18H34N2O/c1-2-3-4-5-6-7-8-9-10-11-12-13-18-19-14-15-20(18)16-17-21/h4-5,14,18,21H,2-3,6-13,15-17H2,1H3/b5-4+. The molecule has 1 N–H and O–H groups in total. The van der Waals surface area contributed by atoms with Gasteiger partial charge in [-0.15, -0.1) is 0 Å². The average molecular weight is 294 g/mol. The van der Waals surface area contributed by atoms with E-state index >= 15 is 0 Å². The molecule has 1 aliphatic heterocycles. The number of hydrogen-bond donors (Lipinski definition) is 1. The van der Waals surface area contributed by atoms with Gasteiger partial charge < -0.3 is 5.11 Å². The average Bonchev–Trinajstić information content (AvgIpc) is 2.92. The topological polar surface area (TPSA) is 35.8 Å². The Morgan fingerprint density at radius 1 is 1.10 bits per heavy atom. The summed E-state index contributed by atoms with van der Waals surface area (Å²) in [6, 6.07) is 0. The van der Waals surface area contributed by atoms with E-state index in [1.54, 1.807) is 0 Å². The Hall–Kier alpha value is -0.670. The number of β-amino-alcohol motifs (C(OH)–C–C–N with tert-alkyl or cyclic N) is 1. The molecular formula is C18H34N2O. The van der Waals surface area contributed by atoms with Gasteiger partial charge in [0.05, 0.1) is 6.61 Å². The second-order valence-electron chi connectivity index (χ2n) is 5.99. The third-order valence-electron chi connectivity index (χ3n) is 4.11. The predicted molar refractivity (Wildman–Crippen MR) is 91.9 cm³/mol. The molecule has 3 nitrogen and oxygen atoms in total. The minimum atomic E-state index is 0.243. The van der Waals surface area contributed by atoms with E-state index in [-0.39, 0.29) is 6.61 Å². The highest BCUT2D eigenvalue weighted by Gasteiger charge is 2.19. The fourth-order valence-corrected chi connectivity index (χ4v) is 2.81. The van der Waals surface area contributed by atoms with Crippen molar-refractivity contribution in [2.45, 2.75) is 77.3 Å². The summed E-state index contributed by atoms with van der Waals surface area (Å²) in [6.07, 6.45) is 19.9. The zero-order valence-electron chi connectivity index (χ0n) is 13.8. The fourth-order valence-electron chi connectivity index (χ4n) is 2.81. The van der Waals surface area contributed by atoms with E-state index in [1.165, 1.54) is 57.8 Å². The van der Waals surface area contributed by atoms with Crippen LogP contribution in [-0.4, -0.2) is 42.1 Å². The molecule has 1 aliphatic rings. The molecule has 3 heteroatoms.